The summed E-state index contributed by atoms with van der Waals surface area (Å²) in [5.41, 5.74) is -0.257. The van der Waals surface area contributed by atoms with E-state index >= 15 is 0 Å². The number of rotatable bonds is 4. The van der Waals surface area contributed by atoms with Crippen molar-refractivity contribution in [1.82, 2.24) is 5.32 Å². The van der Waals surface area contributed by atoms with Gasteiger partial charge in [0, 0.05) is 0 Å². The molecule has 0 saturated carbocycles. The van der Waals surface area contributed by atoms with E-state index < -0.39 is 17.6 Å². The number of esters is 1. The topological polar surface area (TPSA) is 55.4 Å². The van der Waals surface area contributed by atoms with Gasteiger partial charge in [-0.1, -0.05) is 37.6 Å². The third kappa shape index (κ3) is 5.38. The molecule has 0 aliphatic carbocycles. The zero-order chi connectivity index (χ0) is 16.2. The number of carbonyl (C=O) groups is 2. The molecule has 5 heteroatoms. The molecule has 4 nitrogen and oxygen atoms in total. The lowest BCUT2D eigenvalue weighted by Crippen LogP contribution is -2.47. The zero-order valence-electron chi connectivity index (χ0n) is 13.1. The van der Waals surface area contributed by atoms with Crippen molar-refractivity contribution in [3.05, 3.63) is 34.9 Å². The van der Waals surface area contributed by atoms with Gasteiger partial charge in [0.15, 0.2) is 0 Å². The highest BCUT2D eigenvalue weighted by Crippen LogP contribution is 2.17. The van der Waals surface area contributed by atoms with Crippen LogP contribution < -0.4 is 5.32 Å². The number of nitrogens with one attached hydrogen (secondary N) is 1. The van der Waals surface area contributed by atoms with Crippen LogP contribution in [-0.2, 0) is 9.53 Å². The lowest BCUT2D eigenvalue weighted by atomic mass is 10.0. The van der Waals surface area contributed by atoms with Gasteiger partial charge in [0.1, 0.15) is 11.6 Å². The lowest BCUT2D eigenvalue weighted by Gasteiger charge is -2.26. The average molecular weight is 312 g/mol. The molecule has 0 radical (unpaired) electrons. The number of benzene rings is 1. The molecule has 1 N–H and O–H groups in total. The summed E-state index contributed by atoms with van der Waals surface area (Å²) in [6.45, 7) is 9.07. The van der Waals surface area contributed by atoms with Gasteiger partial charge >= 0.3 is 5.97 Å². The van der Waals surface area contributed by atoms with Crippen molar-refractivity contribution < 1.29 is 14.3 Å². The van der Waals surface area contributed by atoms with Crippen LogP contribution in [0.2, 0.25) is 5.02 Å². The summed E-state index contributed by atoms with van der Waals surface area (Å²) < 4.78 is 5.34. The first-order valence-corrected chi connectivity index (χ1v) is 7.28. The Morgan fingerprint density at radius 1 is 1.19 bits per heavy atom. The van der Waals surface area contributed by atoms with E-state index in [1.165, 1.54) is 0 Å². The van der Waals surface area contributed by atoms with E-state index in [2.05, 4.69) is 5.32 Å². The first-order valence-electron chi connectivity index (χ1n) is 6.90. The molecule has 116 valence electrons. The Labute approximate surface area is 130 Å². The number of amides is 1. The van der Waals surface area contributed by atoms with Gasteiger partial charge < -0.3 is 10.1 Å². The summed E-state index contributed by atoms with van der Waals surface area (Å²) in [5, 5.41) is 3.05. The van der Waals surface area contributed by atoms with Gasteiger partial charge in [0.25, 0.3) is 5.91 Å². The second-order valence-corrected chi connectivity index (χ2v) is 6.62. The molecule has 0 aliphatic rings. The number of carbonyl (C=O) groups excluding carboxylic acids is 2. The van der Waals surface area contributed by atoms with Crippen LogP contribution in [0.3, 0.4) is 0 Å². The molecule has 0 saturated heterocycles. The van der Waals surface area contributed by atoms with Crippen molar-refractivity contribution in [2.24, 2.45) is 5.92 Å². The maximum Gasteiger partial charge on any atom is 0.329 e. The van der Waals surface area contributed by atoms with E-state index in [-0.39, 0.29) is 11.8 Å². The van der Waals surface area contributed by atoms with Gasteiger partial charge in [-0.25, -0.2) is 4.79 Å². The molecule has 0 heterocycles. The highest BCUT2D eigenvalue weighted by atomic mass is 35.5. The molecular weight excluding hydrogens is 290 g/mol. The van der Waals surface area contributed by atoms with Crippen LogP contribution >= 0.6 is 11.6 Å². The Morgan fingerprint density at radius 3 is 2.24 bits per heavy atom. The van der Waals surface area contributed by atoms with Crippen molar-refractivity contribution in [2.75, 3.05) is 0 Å². The van der Waals surface area contributed by atoms with Gasteiger partial charge in [-0.05, 0) is 38.8 Å². The Balaban J connectivity index is 2.87. The van der Waals surface area contributed by atoms with Crippen molar-refractivity contribution in [3.8, 4) is 0 Å². The van der Waals surface area contributed by atoms with Crippen LogP contribution in [0.15, 0.2) is 24.3 Å². The largest absolute Gasteiger partial charge is 0.458 e. The predicted molar refractivity (Wildman–Crippen MR) is 83.4 cm³/mol. The molecule has 0 spiro atoms. The summed E-state index contributed by atoms with van der Waals surface area (Å²) in [7, 11) is 0. The fraction of sp³-hybridized carbons (Fsp3) is 0.500. The molecule has 0 aromatic heterocycles. The monoisotopic (exact) mass is 311 g/mol. The minimum atomic E-state index is -0.715. The van der Waals surface area contributed by atoms with Gasteiger partial charge in [-0.3, -0.25) is 4.79 Å². The third-order valence-corrected chi connectivity index (χ3v) is 3.06. The average Bonchev–Trinajstić information content (AvgIpc) is 2.33. The highest BCUT2D eigenvalue weighted by molar-refractivity contribution is 6.33. The Bertz CT molecular complexity index is 520. The molecule has 1 aromatic carbocycles. The maximum atomic E-state index is 12.2. The maximum absolute atomic E-state index is 12.2. The molecule has 21 heavy (non-hydrogen) atoms. The Hall–Kier alpha value is -1.55. The fourth-order valence-corrected chi connectivity index (χ4v) is 1.95. The SMILES string of the molecule is CC(C)[C@H](NC(=O)c1ccccc1Cl)C(=O)OC(C)(C)C. The summed E-state index contributed by atoms with van der Waals surface area (Å²) in [6.07, 6.45) is 0. The van der Waals surface area contributed by atoms with Gasteiger partial charge in [0.2, 0.25) is 0 Å². The van der Waals surface area contributed by atoms with E-state index in [1.54, 1.807) is 45.0 Å². The fourth-order valence-electron chi connectivity index (χ4n) is 1.73. The summed E-state index contributed by atoms with van der Waals surface area (Å²) in [6, 6.07) is 6.00. The van der Waals surface area contributed by atoms with Crippen molar-refractivity contribution in [1.29, 1.82) is 0 Å². The second-order valence-electron chi connectivity index (χ2n) is 6.21. The van der Waals surface area contributed by atoms with Gasteiger partial charge in [0.05, 0.1) is 10.6 Å². The number of ether oxygens (including phenoxy) is 1. The molecule has 0 aliphatic heterocycles. The first kappa shape index (κ1) is 17.5. The zero-order valence-corrected chi connectivity index (χ0v) is 13.8. The molecular formula is C16H22ClNO3. The number of hydrogen-bond donors (Lipinski definition) is 1. The summed E-state index contributed by atoms with van der Waals surface area (Å²) in [4.78, 5) is 24.4. The summed E-state index contributed by atoms with van der Waals surface area (Å²) in [5.74, 6) is -0.922. The van der Waals surface area contributed by atoms with Crippen LogP contribution in [0.5, 0.6) is 0 Å². The van der Waals surface area contributed by atoms with Crippen LogP contribution in [0.4, 0.5) is 0 Å². The molecule has 1 aromatic rings. The standard InChI is InChI=1S/C16H22ClNO3/c1-10(2)13(15(20)21-16(3,4)5)18-14(19)11-8-6-7-9-12(11)17/h6-10,13H,1-5H3,(H,18,19)/t13-/m0/s1. The van der Waals surface area contributed by atoms with Crippen molar-refractivity contribution in [3.63, 3.8) is 0 Å². The smallest absolute Gasteiger partial charge is 0.329 e. The molecule has 0 bridgehead atoms. The van der Waals surface area contributed by atoms with Crippen LogP contribution in [0.25, 0.3) is 0 Å². The minimum Gasteiger partial charge on any atom is -0.458 e. The summed E-state index contributed by atoms with van der Waals surface area (Å²) >= 11 is 5.99. The normalized spacial score (nSPS) is 12.9. The first-order chi connectivity index (χ1) is 9.61. The molecule has 1 rings (SSSR count). The van der Waals surface area contributed by atoms with Crippen molar-refractivity contribution >= 4 is 23.5 Å². The molecule has 0 fully saturated rings. The second kappa shape index (κ2) is 6.94. The van der Waals surface area contributed by atoms with Crippen LogP contribution in [0, 0.1) is 5.92 Å². The van der Waals surface area contributed by atoms with E-state index in [4.69, 9.17) is 16.3 Å². The van der Waals surface area contributed by atoms with E-state index in [0.717, 1.165) is 0 Å². The van der Waals surface area contributed by atoms with E-state index in [9.17, 15) is 9.59 Å². The molecule has 0 unspecified atom stereocenters. The predicted octanol–water partition coefficient (Wildman–Crippen LogP) is 3.44. The minimum absolute atomic E-state index is 0.0914. The number of hydrogen-bond acceptors (Lipinski definition) is 3. The quantitative estimate of drug-likeness (QED) is 0.867. The Morgan fingerprint density at radius 2 is 1.76 bits per heavy atom. The van der Waals surface area contributed by atoms with Crippen LogP contribution in [-0.4, -0.2) is 23.5 Å². The number of halogens is 1. The highest BCUT2D eigenvalue weighted by Gasteiger charge is 2.29. The van der Waals surface area contributed by atoms with Gasteiger partial charge in [-0.15, -0.1) is 0 Å². The van der Waals surface area contributed by atoms with E-state index in [1.807, 2.05) is 13.8 Å². The Kier molecular flexibility index (Phi) is 5.78. The lowest BCUT2D eigenvalue weighted by molar-refractivity contribution is -0.158. The van der Waals surface area contributed by atoms with Gasteiger partial charge in [-0.2, -0.15) is 0 Å². The molecule has 1 amide bonds. The van der Waals surface area contributed by atoms with Crippen LogP contribution in [0.1, 0.15) is 45.0 Å². The molecule has 1 atom stereocenters. The van der Waals surface area contributed by atoms with Crippen molar-refractivity contribution in [2.45, 2.75) is 46.3 Å². The third-order valence-electron chi connectivity index (χ3n) is 2.73. The van der Waals surface area contributed by atoms with E-state index in [0.29, 0.717) is 10.6 Å².